The first-order valence-corrected chi connectivity index (χ1v) is 6.85. The molecule has 1 N–H and O–H groups in total. The van der Waals surface area contributed by atoms with Crippen LogP contribution in [0, 0.1) is 0 Å². The molecule has 0 radical (unpaired) electrons. The number of anilines is 1. The predicted octanol–water partition coefficient (Wildman–Crippen LogP) is 0.818. The van der Waals surface area contributed by atoms with E-state index < -0.39 is 0 Å². The van der Waals surface area contributed by atoms with Crippen LogP contribution in [0.3, 0.4) is 0 Å². The number of carbonyl (C=O) groups is 2. The fourth-order valence-corrected chi connectivity index (χ4v) is 2.15. The SMILES string of the molecule is CCNc1ccc(C(=O)N2CCCN(C)C(=O)C2)cn1. The molecule has 1 saturated heterocycles. The number of nitrogens with zero attached hydrogens (tertiary/aromatic N) is 3. The van der Waals surface area contributed by atoms with E-state index in [-0.39, 0.29) is 18.4 Å². The molecule has 2 rings (SSSR count). The molecule has 2 amide bonds. The van der Waals surface area contributed by atoms with E-state index in [0.29, 0.717) is 18.7 Å². The van der Waals surface area contributed by atoms with Gasteiger partial charge in [0.1, 0.15) is 12.4 Å². The summed E-state index contributed by atoms with van der Waals surface area (Å²) in [6, 6.07) is 3.52. The normalized spacial score (nSPS) is 16.0. The van der Waals surface area contributed by atoms with Crippen LogP contribution in [0.15, 0.2) is 18.3 Å². The molecule has 2 heterocycles. The van der Waals surface area contributed by atoms with Crippen LogP contribution < -0.4 is 5.32 Å². The van der Waals surface area contributed by atoms with Crippen molar-refractivity contribution in [1.82, 2.24) is 14.8 Å². The van der Waals surface area contributed by atoms with Gasteiger partial charge in [0, 0.05) is 32.9 Å². The van der Waals surface area contributed by atoms with E-state index in [1.807, 2.05) is 6.92 Å². The van der Waals surface area contributed by atoms with Crippen molar-refractivity contribution in [1.29, 1.82) is 0 Å². The van der Waals surface area contributed by atoms with Crippen LogP contribution in [0.4, 0.5) is 5.82 Å². The number of likely N-dealkylation sites (N-methyl/N-ethyl adjacent to an activating group) is 1. The number of hydrogen-bond acceptors (Lipinski definition) is 4. The van der Waals surface area contributed by atoms with Gasteiger partial charge in [-0.3, -0.25) is 9.59 Å². The van der Waals surface area contributed by atoms with Crippen LogP contribution in [-0.4, -0.2) is 59.8 Å². The molecule has 1 aromatic rings. The van der Waals surface area contributed by atoms with Crippen molar-refractivity contribution in [3.8, 4) is 0 Å². The summed E-state index contributed by atoms with van der Waals surface area (Å²) in [5.41, 5.74) is 0.518. The van der Waals surface area contributed by atoms with Crippen LogP contribution >= 0.6 is 0 Å². The highest BCUT2D eigenvalue weighted by atomic mass is 16.2. The summed E-state index contributed by atoms with van der Waals surface area (Å²) >= 11 is 0. The summed E-state index contributed by atoms with van der Waals surface area (Å²) in [7, 11) is 1.77. The molecule has 1 aromatic heterocycles. The van der Waals surface area contributed by atoms with Crippen LogP contribution in [0.25, 0.3) is 0 Å². The second-order valence-corrected chi connectivity index (χ2v) is 4.86. The highest BCUT2D eigenvalue weighted by Crippen LogP contribution is 2.10. The monoisotopic (exact) mass is 276 g/mol. The van der Waals surface area contributed by atoms with Gasteiger partial charge in [0.15, 0.2) is 0 Å². The number of rotatable bonds is 3. The standard InChI is InChI=1S/C14H20N4O2/c1-3-15-12-6-5-11(9-16-12)14(20)18-8-4-7-17(2)13(19)10-18/h5-6,9H,3-4,7-8,10H2,1-2H3,(H,15,16). The average molecular weight is 276 g/mol. The molecular weight excluding hydrogens is 256 g/mol. The van der Waals surface area contributed by atoms with Crippen molar-refractivity contribution in [2.45, 2.75) is 13.3 Å². The molecule has 6 heteroatoms. The molecule has 1 aliphatic heterocycles. The molecule has 0 saturated carbocycles. The quantitative estimate of drug-likeness (QED) is 0.887. The van der Waals surface area contributed by atoms with E-state index in [9.17, 15) is 9.59 Å². The van der Waals surface area contributed by atoms with E-state index in [2.05, 4.69) is 10.3 Å². The Morgan fingerprint density at radius 2 is 2.20 bits per heavy atom. The summed E-state index contributed by atoms with van der Waals surface area (Å²) in [5.74, 6) is 0.591. The molecule has 0 aromatic carbocycles. The zero-order chi connectivity index (χ0) is 14.5. The molecular formula is C14H20N4O2. The molecule has 0 unspecified atom stereocenters. The van der Waals surface area contributed by atoms with Crippen molar-refractivity contribution in [3.05, 3.63) is 23.9 Å². The summed E-state index contributed by atoms with van der Waals surface area (Å²) in [6.45, 7) is 4.21. The third-order valence-corrected chi connectivity index (χ3v) is 3.33. The Morgan fingerprint density at radius 1 is 1.40 bits per heavy atom. The summed E-state index contributed by atoms with van der Waals surface area (Å²) in [4.78, 5) is 31.6. The summed E-state index contributed by atoms with van der Waals surface area (Å²) in [5, 5.41) is 3.08. The van der Waals surface area contributed by atoms with Gasteiger partial charge in [-0.2, -0.15) is 0 Å². The van der Waals surface area contributed by atoms with Crippen molar-refractivity contribution in [2.75, 3.05) is 38.5 Å². The minimum atomic E-state index is -0.135. The average Bonchev–Trinajstić information content (AvgIpc) is 2.62. The Hall–Kier alpha value is -2.11. The van der Waals surface area contributed by atoms with E-state index in [1.54, 1.807) is 35.2 Å². The van der Waals surface area contributed by atoms with E-state index in [1.165, 1.54) is 0 Å². The lowest BCUT2D eigenvalue weighted by molar-refractivity contribution is -0.129. The third kappa shape index (κ3) is 3.26. The van der Waals surface area contributed by atoms with Crippen LogP contribution in [0.1, 0.15) is 23.7 Å². The maximum absolute atomic E-state index is 12.4. The molecule has 1 fully saturated rings. The highest BCUT2D eigenvalue weighted by molar-refractivity contribution is 5.96. The molecule has 0 bridgehead atoms. The fourth-order valence-electron chi connectivity index (χ4n) is 2.15. The molecule has 0 aliphatic carbocycles. The van der Waals surface area contributed by atoms with Gasteiger partial charge in [0.25, 0.3) is 5.91 Å². The maximum atomic E-state index is 12.4. The first-order chi connectivity index (χ1) is 9.61. The van der Waals surface area contributed by atoms with Gasteiger partial charge in [0.05, 0.1) is 5.56 Å². The Balaban J connectivity index is 2.08. The molecule has 6 nitrogen and oxygen atoms in total. The van der Waals surface area contributed by atoms with Crippen LogP contribution in [0.2, 0.25) is 0 Å². The van der Waals surface area contributed by atoms with Gasteiger partial charge >= 0.3 is 0 Å². The molecule has 1 aliphatic rings. The van der Waals surface area contributed by atoms with Crippen molar-refractivity contribution in [3.63, 3.8) is 0 Å². The maximum Gasteiger partial charge on any atom is 0.255 e. The minimum Gasteiger partial charge on any atom is -0.370 e. The first kappa shape index (κ1) is 14.3. The van der Waals surface area contributed by atoms with Crippen molar-refractivity contribution >= 4 is 17.6 Å². The first-order valence-electron chi connectivity index (χ1n) is 6.85. The van der Waals surface area contributed by atoms with Crippen LogP contribution in [0.5, 0.6) is 0 Å². The fraction of sp³-hybridized carbons (Fsp3) is 0.500. The highest BCUT2D eigenvalue weighted by Gasteiger charge is 2.23. The lowest BCUT2D eigenvalue weighted by Crippen LogP contribution is -2.38. The van der Waals surface area contributed by atoms with Crippen molar-refractivity contribution < 1.29 is 9.59 Å². The Kier molecular flexibility index (Phi) is 4.55. The topological polar surface area (TPSA) is 65.5 Å². The van der Waals surface area contributed by atoms with E-state index in [4.69, 9.17) is 0 Å². The molecule has 0 atom stereocenters. The van der Waals surface area contributed by atoms with Gasteiger partial charge in [-0.25, -0.2) is 4.98 Å². The number of pyridine rings is 1. The van der Waals surface area contributed by atoms with Crippen LogP contribution in [-0.2, 0) is 4.79 Å². The molecule has 108 valence electrons. The smallest absolute Gasteiger partial charge is 0.255 e. The number of aromatic nitrogens is 1. The second kappa shape index (κ2) is 6.36. The zero-order valence-electron chi connectivity index (χ0n) is 11.9. The van der Waals surface area contributed by atoms with Gasteiger partial charge in [-0.05, 0) is 25.5 Å². The van der Waals surface area contributed by atoms with E-state index >= 15 is 0 Å². The van der Waals surface area contributed by atoms with Gasteiger partial charge in [-0.15, -0.1) is 0 Å². The number of carbonyl (C=O) groups excluding carboxylic acids is 2. The van der Waals surface area contributed by atoms with Gasteiger partial charge in [0.2, 0.25) is 5.91 Å². The Bertz CT molecular complexity index is 486. The second-order valence-electron chi connectivity index (χ2n) is 4.86. The molecule has 0 spiro atoms. The van der Waals surface area contributed by atoms with Gasteiger partial charge < -0.3 is 15.1 Å². The lowest BCUT2D eigenvalue weighted by Gasteiger charge is -2.19. The third-order valence-electron chi connectivity index (χ3n) is 3.33. The van der Waals surface area contributed by atoms with Gasteiger partial charge in [-0.1, -0.05) is 0 Å². The minimum absolute atomic E-state index is 0.0203. The Morgan fingerprint density at radius 3 is 2.85 bits per heavy atom. The summed E-state index contributed by atoms with van der Waals surface area (Å²) in [6.07, 6.45) is 2.36. The zero-order valence-corrected chi connectivity index (χ0v) is 11.9. The predicted molar refractivity (Wildman–Crippen MR) is 76.6 cm³/mol. The largest absolute Gasteiger partial charge is 0.370 e. The van der Waals surface area contributed by atoms with E-state index in [0.717, 1.165) is 18.8 Å². The number of amides is 2. The van der Waals surface area contributed by atoms with Crippen molar-refractivity contribution in [2.24, 2.45) is 0 Å². The number of hydrogen-bond donors (Lipinski definition) is 1. The Labute approximate surface area is 118 Å². The lowest BCUT2D eigenvalue weighted by atomic mass is 10.2. The number of nitrogens with one attached hydrogen (secondary N) is 1. The summed E-state index contributed by atoms with van der Waals surface area (Å²) < 4.78 is 0. The molecule has 20 heavy (non-hydrogen) atoms.